The first kappa shape index (κ1) is 23.0. The average Bonchev–Trinajstić information content (AvgIpc) is 3.31. The number of nitrogens with two attached hydrogens (primary N) is 1. The van der Waals surface area contributed by atoms with E-state index in [0.717, 1.165) is 19.5 Å². The van der Waals surface area contributed by atoms with Gasteiger partial charge in [-0.05, 0) is 24.6 Å². The van der Waals surface area contributed by atoms with Crippen LogP contribution in [0.5, 0.6) is 11.5 Å². The van der Waals surface area contributed by atoms with Gasteiger partial charge in [-0.25, -0.2) is 4.39 Å². The fraction of sp³-hybridized carbons (Fsp3) is 0.385. The lowest BCUT2D eigenvalue weighted by Crippen LogP contribution is -2.42. The first-order valence-corrected chi connectivity index (χ1v) is 12.3. The van der Waals surface area contributed by atoms with E-state index in [1.165, 1.54) is 12.3 Å². The van der Waals surface area contributed by atoms with Crippen molar-refractivity contribution in [2.45, 2.75) is 12.5 Å². The number of nitrogens with zero attached hydrogens (tertiary/aromatic N) is 3. The molecule has 3 aromatic rings. The lowest BCUT2D eigenvalue weighted by atomic mass is 10.1. The molecule has 9 nitrogen and oxygen atoms in total. The first-order chi connectivity index (χ1) is 17.5. The topological polar surface area (TPSA) is 102 Å². The number of fused-ring (bicyclic) bond motifs is 2. The minimum absolute atomic E-state index is 0.0394. The Kier molecular flexibility index (Phi) is 5.87. The smallest absolute Gasteiger partial charge is 0.256 e. The minimum Gasteiger partial charge on any atom is -0.451 e. The molecular formula is C26H28FN5O4. The summed E-state index contributed by atoms with van der Waals surface area (Å²) in [5.41, 5.74) is 6.93. The Morgan fingerprint density at radius 1 is 1.19 bits per heavy atom. The van der Waals surface area contributed by atoms with Crippen molar-refractivity contribution in [2.75, 3.05) is 57.4 Å². The molecule has 6 rings (SSSR count). The molecule has 1 unspecified atom stereocenters. The number of rotatable bonds is 5. The second-order valence-electron chi connectivity index (χ2n) is 9.45. The van der Waals surface area contributed by atoms with Crippen LogP contribution in [0.3, 0.4) is 0 Å². The van der Waals surface area contributed by atoms with Crippen LogP contribution in [0.15, 0.2) is 41.3 Å². The second kappa shape index (κ2) is 9.20. The summed E-state index contributed by atoms with van der Waals surface area (Å²) in [5, 5.41) is 2.96. The molecule has 3 aliphatic rings. The summed E-state index contributed by atoms with van der Waals surface area (Å²) in [6, 6.07) is 8.47. The summed E-state index contributed by atoms with van der Waals surface area (Å²) in [5.74, 6) is -0.267. The third-order valence-corrected chi connectivity index (χ3v) is 7.11. The SMILES string of the molecule is NC1CCN(c2c(F)cc3c(=O)c(C(=O)NCCN4CCOCC4)cn4c3c2Oc2ccccc2-4)C1. The molecule has 1 amide bonds. The van der Waals surface area contributed by atoms with E-state index in [9.17, 15) is 9.59 Å². The number of amides is 1. The fourth-order valence-electron chi connectivity index (χ4n) is 5.25. The number of aromatic nitrogens is 1. The van der Waals surface area contributed by atoms with Crippen molar-refractivity contribution in [3.05, 3.63) is 58.1 Å². The van der Waals surface area contributed by atoms with Gasteiger partial charge in [0, 0.05) is 51.5 Å². The zero-order valence-corrected chi connectivity index (χ0v) is 19.8. The van der Waals surface area contributed by atoms with Crippen molar-refractivity contribution in [1.29, 1.82) is 0 Å². The van der Waals surface area contributed by atoms with Gasteiger partial charge in [0.05, 0.1) is 24.3 Å². The zero-order valence-electron chi connectivity index (χ0n) is 19.8. The lowest BCUT2D eigenvalue weighted by Gasteiger charge is -2.29. The van der Waals surface area contributed by atoms with Gasteiger partial charge in [0.1, 0.15) is 16.8 Å². The van der Waals surface area contributed by atoms with E-state index in [2.05, 4.69) is 10.2 Å². The monoisotopic (exact) mass is 493 g/mol. The average molecular weight is 494 g/mol. The molecule has 10 heteroatoms. The van der Waals surface area contributed by atoms with Crippen LogP contribution in [0, 0.1) is 5.82 Å². The van der Waals surface area contributed by atoms with Gasteiger partial charge >= 0.3 is 0 Å². The zero-order chi connectivity index (χ0) is 24.8. The number of halogens is 1. The number of ether oxygens (including phenoxy) is 2. The van der Waals surface area contributed by atoms with Crippen molar-refractivity contribution < 1.29 is 18.7 Å². The van der Waals surface area contributed by atoms with E-state index in [0.29, 0.717) is 62.0 Å². The van der Waals surface area contributed by atoms with Gasteiger partial charge in [-0.2, -0.15) is 0 Å². The quantitative estimate of drug-likeness (QED) is 0.437. The van der Waals surface area contributed by atoms with E-state index in [1.54, 1.807) is 10.6 Å². The lowest BCUT2D eigenvalue weighted by molar-refractivity contribution is 0.0383. The highest BCUT2D eigenvalue weighted by Crippen LogP contribution is 2.46. The summed E-state index contributed by atoms with van der Waals surface area (Å²) in [6.07, 6.45) is 2.28. The minimum atomic E-state index is -0.570. The highest BCUT2D eigenvalue weighted by Gasteiger charge is 2.32. The van der Waals surface area contributed by atoms with Crippen molar-refractivity contribution in [3.63, 3.8) is 0 Å². The van der Waals surface area contributed by atoms with Crippen LogP contribution in [-0.4, -0.2) is 73.9 Å². The number of pyridine rings is 1. The summed E-state index contributed by atoms with van der Waals surface area (Å²) in [7, 11) is 0. The van der Waals surface area contributed by atoms with Gasteiger partial charge in [0.15, 0.2) is 17.3 Å². The van der Waals surface area contributed by atoms with Gasteiger partial charge in [-0.1, -0.05) is 12.1 Å². The molecule has 0 aliphatic carbocycles. The Balaban J connectivity index is 1.43. The molecule has 0 spiro atoms. The van der Waals surface area contributed by atoms with E-state index < -0.39 is 17.2 Å². The number of hydrogen-bond acceptors (Lipinski definition) is 7. The Morgan fingerprint density at radius 3 is 2.78 bits per heavy atom. The van der Waals surface area contributed by atoms with Gasteiger partial charge in [0.2, 0.25) is 5.43 Å². The molecule has 2 aromatic carbocycles. The van der Waals surface area contributed by atoms with Gasteiger partial charge < -0.3 is 30.0 Å². The van der Waals surface area contributed by atoms with E-state index in [-0.39, 0.29) is 22.7 Å². The third kappa shape index (κ3) is 3.91. The number of nitrogens with one attached hydrogen (secondary N) is 1. The molecule has 0 saturated carbocycles. The molecule has 1 atom stereocenters. The number of carbonyl (C=O) groups excluding carboxylic acids is 1. The van der Waals surface area contributed by atoms with Crippen LogP contribution in [0.1, 0.15) is 16.8 Å². The number of anilines is 1. The van der Waals surface area contributed by atoms with Gasteiger partial charge in [0.25, 0.3) is 5.91 Å². The Bertz CT molecular complexity index is 1400. The molecule has 188 valence electrons. The number of hydrogen-bond donors (Lipinski definition) is 2. The number of carbonyl (C=O) groups is 1. The molecule has 3 N–H and O–H groups in total. The van der Waals surface area contributed by atoms with Crippen LogP contribution in [-0.2, 0) is 4.74 Å². The van der Waals surface area contributed by atoms with Crippen LogP contribution < -0.4 is 26.1 Å². The maximum Gasteiger partial charge on any atom is 0.256 e. The predicted molar refractivity (Wildman–Crippen MR) is 134 cm³/mol. The molecule has 1 aromatic heterocycles. The van der Waals surface area contributed by atoms with Crippen molar-refractivity contribution in [2.24, 2.45) is 5.73 Å². The van der Waals surface area contributed by atoms with Crippen LogP contribution in [0.4, 0.5) is 10.1 Å². The molecule has 2 saturated heterocycles. The van der Waals surface area contributed by atoms with E-state index >= 15 is 4.39 Å². The van der Waals surface area contributed by atoms with Gasteiger partial charge in [-0.3, -0.25) is 14.5 Å². The number of morpholine rings is 1. The molecule has 0 bridgehead atoms. The molecule has 0 radical (unpaired) electrons. The molecule has 36 heavy (non-hydrogen) atoms. The highest BCUT2D eigenvalue weighted by atomic mass is 19.1. The van der Waals surface area contributed by atoms with E-state index in [4.69, 9.17) is 15.2 Å². The molecular weight excluding hydrogens is 465 g/mol. The summed E-state index contributed by atoms with van der Waals surface area (Å²) in [6.45, 7) is 5.10. The number of para-hydroxylation sites is 2. The summed E-state index contributed by atoms with van der Waals surface area (Å²) in [4.78, 5) is 30.6. The Labute approximate surface area is 207 Å². The maximum atomic E-state index is 15.6. The normalized spacial score (nSPS) is 19.3. The third-order valence-electron chi connectivity index (χ3n) is 7.11. The molecule has 3 aliphatic heterocycles. The summed E-state index contributed by atoms with van der Waals surface area (Å²) < 4.78 is 28.9. The highest BCUT2D eigenvalue weighted by molar-refractivity contribution is 6.01. The van der Waals surface area contributed by atoms with Crippen LogP contribution in [0.2, 0.25) is 0 Å². The molecule has 2 fully saturated rings. The number of benzene rings is 2. The summed E-state index contributed by atoms with van der Waals surface area (Å²) >= 11 is 0. The second-order valence-corrected chi connectivity index (χ2v) is 9.45. The Morgan fingerprint density at radius 2 is 2.00 bits per heavy atom. The largest absolute Gasteiger partial charge is 0.451 e. The Hall–Kier alpha value is -3.47. The van der Waals surface area contributed by atoms with Crippen molar-refractivity contribution in [3.8, 4) is 17.2 Å². The van der Waals surface area contributed by atoms with Crippen molar-refractivity contribution >= 4 is 22.5 Å². The fourth-order valence-corrected chi connectivity index (χ4v) is 5.25. The van der Waals surface area contributed by atoms with Crippen LogP contribution >= 0.6 is 0 Å². The van der Waals surface area contributed by atoms with Crippen molar-refractivity contribution in [1.82, 2.24) is 14.8 Å². The predicted octanol–water partition coefficient (Wildman–Crippen LogP) is 1.83. The standard InChI is InChI=1S/C26H28FN5O4/c27-19-13-17-22-25(23(19)31-7-5-16(28)14-31)36-21-4-2-1-3-20(21)32(22)15-18(24(17)33)26(34)29-6-8-30-9-11-35-12-10-30/h1-4,13,15-16H,5-12,14,28H2,(H,29,34). The van der Waals surface area contributed by atoms with Crippen LogP contribution in [0.25, 0.3) is 16.6 Å². The first-order valence-electron chi connectivity index (χ1n) is 12.3. The van der Waals surface area contributed by atoms with E-state index in [1.807, 2.05) is 23.1 Å². The van der Waals surface area contributed by atoms with Gasteiger partial charge in [-0.15, -0.1) is 0 Å². The maximum absolute atomic E-state index is 15.6. The molecule has 4 heterocycles.